The number of allylic oxidation sites excluding steroid dienone is 1. The number of nitrogens with one attached hydrogen (secondary N) is 1. The molecule has 0 bridgehead atoms. The van der Waals surface area contributed by atoms with Crippen molar-refractivity contribution in [3.63, 3.8) is 0 Å². The van der Waals surface area contributed by atoms with Crippen LogP contribution in [0.1, 0.15) is 16.7 Å². The number of aromatic nitrogens is 2. The minimum absolute atomic E-state index is 0.0257. The monoisotopic (exact) mass is 365 g/mol. The number of imidazole rings is 1. The molecule has 4 nitrogen and oxygen atoms in total. The third-order valence-electron chi connectivity index (χ3n) is 4.21. The fourth-order valence-electron chi connectivity index (χ4n) is 3.15. The van der Waals surface area contributed by atoms with E-state index in [0.717, 1.165) is 33.0 Å². The van der Waals surface area contributed by atoms with Crippen LogP contribution in [0.4, 0.5) is 5.69 Å². The van der Waals surface area contributed by atoms with Gasteiger partial charge in [0.2, 0.25) is 5.91 Å². The number of carbonyl (C=O) groups excluding carboxylic acids is 1. The van der Waals surface area contributed by atoms with Crippen molar-refractivity contribution in [2.75, 3.05) is 11.1 Å². The van der Waals surface area contributed by atoms with Crippen molar-refractivity contribution in [1.29, 1.82) is 0 Å². The van der Waals surface area contributed by atoms with Crippen molar-refractivity contribution >= 4 is 34.4 Å². The van der Waals surface area contributed by atoms with Gasteiger partial charge in [0, 0.05) is 12.2 Å². The lowest BCUT2D eigenvalue weighted by Gasteiger charge is -2.13. The van der Waals surface area contributed by atoms with Crippen LogP contribution in [0.5, 0.6) is 0 Å². The van der Waals surface area contributed by atoms with E-state index in [1.807, 2.05) is 44.2 Å². The molecule has 0 aliphatic heterocycles. The number of aryl methyl sites for hydroxylation is 3. The van der Waals surface area contributed by atoms with E-state index < -0.39 is 0 Å². The quantitative estimate of drug-likeness (QED) is 0.500. The Bertz CT molecular complexity index is 952. The molecule has 0 spiro atoms. The highest BCUT2D eigenvalue weighted by molar-refractivity contribution is 7.99. The van der Waals surface area contributed by atoms with E-state index >= 15 is 0 Å². The van der Waals surface area contributed by atoms with E-state index in [9.17, 15) is 4.79 Å². The van der Waals surface area contributed by atoms with E-state index in [2.05, 4.69) is 40.5 Å². The summed E-state index contributed by atoms with van der Waals surface area (Å²) in [5.74, 6) is 0.287. The highest BCUT2D eigenvalue weighted by Gasteiger charge is 2.13. The van der Waals surface area contributed by atoms with Gasteiger partial charge in [-0.2, -0.15) is 0 Å². The largest absolute Gasteiger partial charge is 0.325 e. The topological polar surface area (TPSA) is 46.9 Å². The Kier molecular flexibility index (Phi) is 5.47. The van der Waals surface area contributed by atoms with Crippen LogP contribution >= 0.6 is 11.8 Å². The highest BCUT2D eigenvalue weighted by atomic mass is 32.2. The average molecular weight is 366 g/mol. The standard InChI is InChI=1S/C21H23N3OS/c1-5-10-24-18-9-7-6-8-17(18)22-21(24)26-13-19(25)23-20-15(3)11-14(2)12-16(20)4/h5-9,11-12H,1,10,13H2,2-4H3,(H,23,25). The van der Waals surface area contributed by atoms with Crippen molar-refractivity contribution in [3.8, 4) is 0 Å². The first kappa shape index (κ1) is 18.3. The molecular formula is C21H23N3OS. The lowest BCUT2D eigenvalue weighted by Crippen LogP contribution is -2.16. The van der Waals surface area contributed by atoms with E-state index in [1.54, 1.807) is 0 Å². The van der Waals surface area contributed by atoms with Crippen molar-refractivity contribution in [1.82, 2.24) is 9.55 Å². The summed E-state index contributed by atoms with van der Waals surface area (Å²) in [6, 6.07) is 12.1. The third kappa shape index (κ3) is 3.83. The Morgan fingerprint density at radius 3 is 2.62 bits per heavy atom. The predicted octanol–water partition coefficient (Wildman–Crippen LogP) is 4.88. The summed E-state index contributed by atoms with van der Waals surface area (Å²) >= 11 is 1.45. The molecule has 0 aliphatic carbocycles. The summed E-state index contributed by atoms with van der Waals surface area (Å²) in [5, 5.41) is 3.88. The molecule has 0 saturated carbocycles. The normalized spacial score (nSPS) is 10.9. The van der Waals surface area contributed by atoms with Gasteiger partial charge in [-0.15, -0.1) is 6.58 Å². The molecule has 3 rings (SSSR count). The number of carbonyl (C=O) groups is 1. The first-order chi connectivity index (χ1) is 12.5. The van der Waals surface area contributed by atoms with Gasteiger partial charge in [-0.05, 0) is 44.0 Å². The number of amides is 1. The van der Waals surface area contributed by atoms with Crippen LogP contribution in [0.15, 0.2) is 54.2 Å². The molecule has 0 aliphatic rings. The van der Waals surface area contributed by atoms with Crippen molar-refractivity contribution < 1.29 is 4.79 Å². The van der Waals surface area contributed by atoms with Gasteiger partial charge in [-0.1, -0.05) is 47.7 Å². The number of rotatable bonds is 6. The zero-order valence-corrected chi connectivity index (χ0v) is 16.2. The molecule has 1 heterocycles. The molecule has 26 heavy (non-hydrogen) atoms. The first-order valence-electron chi connectivity index (χ1n) is 8.56. The lowest BCUT2D eigenvalue weighted by molar-refractivity contribution is -0.113. The van der Waals surface area contributed by atoms with Gasteiger partial charge in [0.15, 0.2) is 5.16 Å². The smallest absolute Gasteiger partial charge is 0.234 e. The number of anilines is 1. The van der Waals surface area contributed by atoms with Crippen LogP contribution in [0.2, 0.25) is 0 Å². The number of fused-ring (bicyclic) bond motifs is 1. The third-order valence-corrected chi connectivity index (χ3v) is 5.18. The summed E-state index contributed by atoms with van der Waals surface area (Å²) in [6.07, 6.45) is 1.84. The number of nitrogens with zero attached hydrogens (tertiary/aromatic N) is 2. The van der Waals surface area contributed by atoms with Gasteiger partial charge < -0.3 is 9.88 Å². The number of benzene rings is 2. The Labute approximate surface area is 158 Å². The summed E-state index contributed by atoms with van der Waals surface area (Å²) in [7, 11) is 0. The van der Waals surface area contributed by atoms with Crippen molar-refractivity contribution in [2.45, 2.75) is 32.5 Å². The minimum atomic E-state index is -0.0257. The average Bonchev–Trinajstić information content (AvgIpc) is 2.94. The Morgan fingerprint density at radius 1 is 1.23 bits per heavy atom. The van der Waals surface area contributed by atoms with Gasteiger partial charge in [0.05, 0.1) is 16.8 Å². The molecule has 0 radical (unpaired) electrons. The molecule has 0 fully saturated rings. The van der Waals surface area contributed by atoms with Gasteiger partial charge >= 0.3 is 0 Å². The number of para-hydroxylation sites is 2. The fraction of sp³-hybridized carbons (Fsp3) is 0.238. The molecule has 3 aromatic rings. The fourth-order valence-corrected chi connectivity index (χ4v) is 3.98. The maximum absolute atomic E-state index is 12.5. The molecule has 2 aromatic carbocycles. The number of hydrogen-bond acceptors (Lipinski definition) is 3. The molecule has 1 N–H and O–H groups in total. The Balaban J connectivity index is 1.75. The highest BCUT2D eigenvalue weighted by Crippen LogP contribution is 2.25. The van der Waals surface area contributed by atoms with E-state index in [-0.39, 0.29) is 5.91 Å². The second-order valence-corrected chi connectivity index (χ2v) is 7.34. The van der Waals surface area contributed by atoms with Gasteiger partial charge in [0.1, 0.15) is 0 Å². The number of thioether (sulfide) groups is 1. The molecular weight excluding hydrogens is 342 g/mol. The van der Waals surface area contributed by atoms with E-state index in [0.29, 0.717) is 12.3 Å². The second kappa shape index (κ2) is 7.79. The van der Waals surface area contributed by atoms with Gasteiger partial charge in [-0.3, -0.25) is 4.79 Å². The second-order valence-electron chi connectivity index (χ2n) is 6.39. The predicted molar refractivity (Wildman–Crippen MR) is 110 cm³/mol. The van der Waals surface area contributed by atoms with Gasteiger partial charge in [0.25, 0.3) is 0 Å². The zero-order valence-electron chi connectivity index (χ0n) is 15.4. The molecule has 0 atom stereocenters. The molecule has 5 heteroatoms. The van der Waals surface area contributed by atoms with E-state index in [4.69, 9.17) is 0 Å². The molecule has 1 aromatic heterocycles. The summed E-state index contributed by atoms with van der Waals surface area (Å²) in [6.45, 7) is 10.6. The molecule has 0 saturated heterocycles. The Morgan fingerprint density at radius 2 is 1.92 bits per heavy atom. The minimum Gasteiger partial charge on any atom is -0.325 e. The summed E-state index contributed by atoms with van der Waals surface area (Å²) in [4.78, 5) is 17.1. The molecule has 0 unspecified atom stereocenters. The van der Waals surface area contributed by atoms with Crippen LogP contribution in [0.3, 0.4) is 0 Å². The Hall–Kier alpha value is -2.53. The summed E-state index contributed by atoms with van der Waals surface area (Å²) < 4.78 is 2.09. The van der Waals surface area contributed by atoms with Crippen molar-refractivity contribution in [3.05, 3.63) is 65.7 Å². The maximum Gasteiger partial charge on any atom is 0.234 e. The zero-order chi connectivity index (χ0) is 18.7. The SMILES string of the molecule is C=CCn1c(SCC(=O)Nc2c(C)cc(C)cc2C)nc2ccccc21. The van der Waals surface area contributed by atoms with Gasteiger partial charge in [-0.25, -0.2) is 4.98 Å². The van der Waals surface area contributed by atoms with Crippen LogP contribution in [0.25, 0.3) is 11.0 Å². The number of hydrogen-bond donors (Lipinski definition) is 1. The maximum atomic E-state index is 12.5. The summed E-state index contributed by atoms with van der Waals surface area (Å²) in [5.41, 5.74) is 6.26. The van der Waals surface area contributed by atoms with Crippen LogP contribution in [-0.4, -0.2) is 21.2 Å². The lowest BCUT2D eigenvalue weighted by atomic mass is 10.1. The van der Waals surface area contributed by atoms with E-state index in [1.165, 1.54) is 17.3 Å². The van der Waals surface area contributed by atoms with Crippen LogP contribution in [0, 0.1) is 20.8 Å². The van der Waals surface area contributed by atoms with Crippen molar-refractivity contribution in [2.24, 2.45) is 0 Å². The molecule has 1 amide bonds. The molecule has 134 valence electrons. The van der Waals surface area contributed by atoms with Crippen LogP contribution < -0.4 is 5.32 Å². The van der Waals surface area contributed by atoms with Crippen LogP contribution in [-0.2, 0) is 11.3 Å². The first-order valence-corrected chi connectivity index (χ1v) is 9.55.